The number of halogens is 3. The monoisotopic (exact) mass is 339 g/mol. The fraction of sp³-hybridized carbons (Fsp3) is 0.200. The summed E-state index contributed by atoms with van der Waals surface area (Å²) in [6, 6.07) is 6.50. The van der Waals surface area contributed by atoms with Crippen molar-refractivity contribution in [1.82, 2.24) is 9.97 Å². The smallest absolute Gasteiger partial charge is 0.471 e. The number of aromatic carboxylic acids is 1. The minimum Gasteiger partial charge on any atom is -0.478 e. The van der Waals surface area contributed by atoms with Crippen LogP contribution in [0.1, 0.15) is 21.7 Å². The van der Waals surface area contributed by atoms with Crippen LogP contribution in [-0.2, 0) is 11.3 Å². The molecule has 0 saturated carbocycles. The highest BCUT2D eigenvalue weighted by Crippen LogP contribution is 2.24. The Balaban J connectivity index is 2.42. The summed E-state index contributed by atoms with van der Waals surface area (Å²) in [5.41, 5.74) is 0.134. The number of amides is 1. The van der Waals surface area contributed by atoms with E-state index in [9.17, 15) is 22.8 Å². The predicted octanol–water partition coefficient (Wildman–Crippen LogP) is 2.58. The second-order valence-electron chi connectivity index (χ2n) is 4.86. The van der Waals surface area contributed by atoms with Gasteiger partial charge in [0, 0.05) is 6.20 Å². The summed E-state index contributed by atoms with van der Waals surface area (Å²) in [6.45, 7) is 1.00. The summed E-state index contributed by atoms with van der Waals surface area (Å²) >= 11 is 0. The van der Waals surface area contributed by atoms with Crippen LogP contribution >= 0.6 is 0 Å². The third-order valence-electron chi connectivity index (χ3n) is 3.04. The van der Waals surface area contributed by atoms with Gasteiger partial charge in [-0.25, -0.2) is 14.8 Å². The van der Waals surface area contributed by atoms with Crippen molar-refractivity contribution in [2.45, 2.75) is 19.6 Å². The van der Waals surface area contributed by atoms with Gasteiger partial charge in [0.15, 0.2) is 0 Å². The van der Waals surface area contributed by atoms with E-state index in [0.29, 0.717) is 4.90 Å². The Labute approximate surface area is 134 Å². The van der Waals surface area contributed by atoms with Gasteiger partial charge in [0.1, 0.15) is 11.6 Å². The van der Waals surface area contributed by atoms with E-state index in [1.165, 1.54) is 43.5 Å². The van der Waals surface area contributed by atoms with Crippen molar-refractivity contribution in [2.24, 2.45) is 0 Å². The number of carbonyl (C=O) groups excluding carboxylic acids is 1. The molecule has 0 atom stereocenters. The van der Waals surface area contributed by atoms with Crippen LogP contribution in [0.25, 0.3) is 0 Å². The topological polar surface area (TPSA) is 83.4 Å². The molecule has 2 aromatic rings. The second kappa shape index (κ2) is 6.65. The quantitative estimate of drug-likeness (QED) is 0.926. The lowest BCUT2D eigenvalue weighted by Crippen LogP contribution is -2.41. The van der Waals surface area contributed by atoms with Gasteiger partial charge in [0.05, 0.1) is 12.1 Å². The largest absolute Gasteiger partial charge is 0.478 e. The molecule has 1 aromatic heterocycles. The number of carboxylic acids is 1. The van der Waals surface area contributed by atoms with Crippen molar-refractivity contribution >= 4 is 17.7 Å². The molecular formula is C15H12F3N3O3. The summed E-state index contributed by atoms with van der Waals surface area (Å²) in [5, 5.41) is 8.95. The van der Waals surface area contributed by atoms with Crippen molar-refractivity contribution < 1.29 is 27.9 Å². The van der Waals surface area contributed by atoms with Crippen molar-refractivity contribution in [3.63, 3.8) is 0 Å². The third kappa shape index (κ3) is 4.06. The first-order valence-corrected chi connectivity index (χ1v) is 6.69. The van der Waals surface area contributed by atoms with Gasteiger partial charge in [0.2, 0.25) is 0 Å². The first kappa shape index (κ1) is 17.4. The Morgan fingerprint density at radius 2 is 1.96 bits per heavy atom. The van der Waals surface area contributed by atoms with E-state index >= 15 is 0 Å². The molecule has 0 fully saturated rings. The molecule has 1 heterocycles. The average molecular weight is 339 g/mol. The van der Waals surface area contributed by atoms with Gasteiger partial charge >= 0.3 is 18.1 Å². The highest BCUT2D eigenvalue weighted by molar-refractivity contribution is 5.96. The Hall–Kier alpha value is -2.97. The van der Waals surface area contributed by atoms with Crippen LogP contribution in [0.15, 0.2) is 36.5 Å². The van der Waals surface area contributed by atoms with Gasteiger partial charge in [-0.2, -0.15) is 13.2 Å². The van der Waals surface area contributed by atoms with Crippen LogP contribution in [0.5, 0.6) is 0 Å². The van der Waals surface area contributed by atoms with E-state index < -0.39 is 24.6 Å². The Kier molecular flexibility index (Phi) is 4.82. The summed E-state index contributed by atoms with van der Waals surface area (Å²) in [5.74, 6) is -3.33. The molecule has 0 saturated heterocycles. The van der Waals surface area contributed by atoms with Gasteiger partial charge in [0.25, 0.3) is 0 Å². The molecule has 0 unspecified atom stereocenters. The number of carboxylic acid groups (broad SMARTS) is 1. The van der Waals surface area contributed by atoms with Crippen LogP contribution in [0, 0.1) is 6.92 Å². The molecular weight excluding hydrogens is 327 g/mol. The zero-order valence-corrected chi connectivity index (χ0v) is 12.4. The minimum atomic E-state index is -5.09. The zero-order chi connectivity index (χ0) is 17.9. The molecule has 9 heteroatoms. The van der Waals surface area contributed by atoms with Gasteiger partial charge in [-0.3, -0.25) is 9.69 Å². The number of nitrogens with zero attached hydrogens (tertiary/aromatic N) is 3. The highest BCUT2D eigenvalue weighted by Gasteiger charge is 2.43. The van der Waals surface area contributed by atoms with E-state index in [2.05, 4.69) is 9.97 Å². The van der Waals surface area contributed by atoms with Crippen LogP contribution in [0.4, 0.5) is 19.0 Å². The van der Waals surface area contributed by atoms with Crippen molar-refractivity contribution in [2.75, 3.05) is 4.90 Å². The maximum Gasteiger partial charge on any atom is 0.471 e. The van der Waals surface area contributed by atoms with Crippen LogP contribution < -0.4 is 4.90 Å². The number of rotatable bonds is 4. The first-order chi connectivity index (χ1) is 11.2. The maximum absolute atomic E-state index is 12.9. The lowest BCUT2D eigenvalue weighted by atomic mass is 10.1. The number of benzene rings is 1. The molecule has 0 aliphatic carbocycles. The zero-order valence-electron chi connectivity index (χ0n) is 12.4. The average Bonchev–Trinajstić information content (AvgIpc) is 2.51. The number of aryl methyl sites for hydroxylation is 1. The predicted molar refractivity (Wildman–Crippen MR) is 77.4 cm³/mol. The third-order valence-corrected chi connectivity index (χ3v) is 3.04. The summed E-state index contributed by atoms with van der Waals surface area (Å²) in [7, 11) is 0. The van der Waals surface area contributed by atoms with Gasteiger partial charge in [-0.05, 0) is 30.7 Å². The Bertz CT molecular complexity index is 778. The summed E-state index contributed by atoms with van der Waals surface area (Å²) in [4.78, 5) is 30.7. The molecule has 24 heavy (non-hydrogen) atoms. The van der Waals surface area contributed by atoms with Gasteiger partial charge in [-0.15, -0.1) is 0 Å². The highest BCUT2D eigenvalue weighted by atomic mass is 19.4. The molecule has 1 aromatic carbocycles. The van der Waals surface area contributed by atoms with E-state index in [1.54, 1.807) is 0 Å². The molecule has 0 aliphatic heterocycles. The van der Waals surface area contributed by atoms with Crippen molar-refractivity contribution in [3.05, 3.63) is 53.5 Å². The molecule has 126 valence electrons. The molecule has 2 rings (SSSR count). The summed E-state index contributed by atoms with van der Waals surface area (Å²) < 4.78 is 38.6. The van der Waals surface area contributed by atoms with E-state index in [1.807, 2.05) is 0 Å². The fourth-order valence-corrected chi connectivity index (χ4v) is 1.99. The van der Waals surface area contributed by atoms with Crippen molar-refractivity contribution in [1.29, 1.82) is 0 Å². The number of alkyl halides is 3. The fourth-order valence-electron chi connectivity index (χ4n) is 1.99. The van der Waals surface area contributed by atoms with Crippen LogP contribution in [0.3, 0.4) is 0 Å². The lowest BCUT2D eigenvalue weighted by molar-refractivity contribution is -0.170. The van der Waals surface area contributed by atoms with Crippen LogP contribution in [-0.4, -0.2) is 33.1 Å². The summed E-state index contributed by atoms with van der Waals surface area (Å²) in [6.07, 6.45) is -3.86. The molecule has 1 N–H and O–H groups in total. The lowest BCUT2D eigenvalue weighted by Gasteiger charge is -2.23. The number of hydrogen-bond acceptors (Lipinski definition) is 4. The number of aromatic nitrogens is 2. The Morgan fingerprint density at radius 3 is 2.54 bits per heavy atom. The molecule has 0 bridgehead atoms. The van der Waals surface area contributed by atoms with Crippen molar-refractivity contribution in [3.8, 4) is 0 Å². The SMILES string of the molecule is Cc1nccc(N(Cc2cccc(C(=O)O)c2)C(=O)C(F)(F)F)n1. The second-order valence-corrected chi connectivity index (χ2v) is 4.86. The number of carbonyl (C=O) groups is 2. The van der Waals surface area contributed by atoms with E-state index in [-0.39, 0.29) is 22.8 Å². The standard InChI is InChI=1S/C15H12F3N3O3/c1-9-19-6-5-12(20-9)21(14(24)15(16,17)18)8-10-3-2-4-11(7-10)13(22)23/h2-7H,8H2,1H3,(H,22,23). The molecule has 0 radical (unpaired) electrons. The number of anilines is 1. The number of hydrogen-bond donors (Lipinski definition) is 1. The van der Waals surface area contributed by atoms with E-state index in [0.717, 1.165) is 0 Å². The molecule has 0 aliphatic rings. The van der Waals surface area contributed by atoms with Gasteiger partial charge in [-0.1, -0.05) is 12.1 Å². The molecule has 0 spiro atoms. The first-order valence-electron chi connectivity index (χ1n) is 6.69. The minimum absolute atomic E-state index is 0.0919. The normalized spacial score (nSPS) is 11.2. The molecule has 6 nitrogen and oxygen atoms in total. The Morgan fingerprint density at radius 1 is 1.25 bits per heavy atom. The molecule has 1 amide bonds. The van der Waals surface area contributed by atoms with Crippen LogP contribution in [0.2, 0.25) is 0 Å². The van der Waals surface area contributed by atoms with Gasteiger partial charge < -0.3 is 5.11 Å². The van der Waals surface area contributed by atoms with E-state index in [4.69, 9.17) is 5.11 Å². The maximum atomic E-state index is 12.9.